The van der Waals surface area contributed by atoms with Crippen molar-refractivity contribution in [1.82, 2.24) is 4.90 Å². The molecule has 0 aromatic heterocycles. The molecule has 0 aromatic rings. The van der Waals surface area contributed by atoms with Crippen LogP contribution in [0.2, 0.25) is 0 Å². The molecule has 96 valence electrons. The largest absolute Gasteiger partial charge is 0.393 e. The van der Waals surface area contributed by atoms with Crippen molar-refractivity contribution in [3.63, 3.8) is 0 Å². The van der Waals surface area contributed by atoms with Crippen molar-refractivity contribution in [2.24, 2.45) is 0 Å². The van der Waals surface area contributed by atoms with Gasteiger partial charge in [-0.2, -0.15) is 0 Å². The van der Waals surface area contributed by atoms with E-state index >= 15 is 0 Å². The fraction of sp³-hybridized carbons (Fsp3) is 0.733. The molecule has 2 aliphatic rings. The zero-order valence-electron chi connectivity index (χ0n) is 11.2. The maximum Gasteiger partial charge on any atom is 0.0515 e. The van der Waals surface area contributed by atoms with Gasteiger partial charge < -0.3 is 5.11 Å². The third-order valence-corrected chi connectivity index (χ3v) is 3.93. The lowest BCUT2D eigenvalue weighted by Gasteiger charge is -2.40. The number of hydrogen-bond donors (Lipinski definition) is 1. The number of rotatable bonds is 3. The molecule has 0 aliphatic carbocycles. The minimum Gasteiger partial charge on any atom is -0.393 e. The van der Waals surface area contributed by atoms with Gasteiger partial charge in [0.2, 0.25) is 0 Å². The molecule has 2 rings (SSSR count). The van der Waals surface area contributed by atoms with Gasteiger partial charge in [0, 0.05) is 12.6 Å². The Morgan fingerprint density at radius 2 is 2.35 bits per heavy atom. The van der Waals surface area contributed by atoms with Crippen LogP contribution in [0.3, 0.4) is 0 Å². The molecule has 0 saturated carbocycles. The number of piperidine rings is 1. The second-order valence-electron chi connectivity index (χ2n) is 5.58. The summed E-state index contributed by atoms with van der Waals surface area (Å²) in [5.74, 6) is 0. The molecule has 1 saturated heterocycles. The predicted molar refractivity (Wildman–Crippen MR) is 72.0 cm³/mol. The monoisotopic (exact) mass is 235 g/mol. The molecule has 2 heteroatoms. The number of hydrogen-bond acceptors (Lipinski definition) is 2. The Morgan fingerprint density at radius 3 is 3.12 bits per heavy atom. The lowest BCUT2D eigenvalue weighted by Crippen LogP contribution is -2.43. The van der Waals surface area contributed by atoms with E-state index in [-0.39, 0.29) is 6.10 Å². The third-order valence-electron chi connectivity index (χ3n) is 3.93. The first-order valence-electron chi connectivity index (χ1n) is 6.96. The fourth-order valence-electron chi connectivity index (χ4n) is 3.00. The first-order valence-corrected chi connectivity index (χ1v) is 6.96. The zero-order valence-corrected chi connectivity index (χ0v) is 11.2. The summed E-state index contributed by atoms with van der Waals surface area (Å²) in [6.45, 7) is 6.50. The van der Waals surface area contributed by atoms with E-state index in [1.54, 1.807) is 0 Å². The second-order valence-corrected chi connectivity index (χ2v) is 5.58. The molecular formula is C15H25NO. The van der Waals surface area contributed by atoms with Crippen molar-refractivity contribution in [3.05, 3.63) is 23.3 Å². The van der Waals surface area contributed by atoms with Gasteiger partial charge in [-0.1, -0.05) is 24.1 Å². The summed E-state index contributed by atoms with van der Waals surface area (Å²) < 4.78 is 0. The molecule has 0 amide bonds. The van der Waals surface area contributed by atoms with Crippen molar-refractivity contribution in [2.75, 3.05) is 13.1 Å². The Labute approximate surface area is 105 Å². The average molecular weight is 235 g/mol. The Morgan fingerprint density at radius 1 is 1.53 bits per heavy atom. The van der Waals surface area contributed by atoms with Crippen LogP contribution < -0.4 is 0 Å². The molecule has 2 heterocycles. The first-order chi connectivity index (χ1) is 8.16. The van der Waals surface area contributed by atoms with E-state index in [9.17, 15) is 5.11 Å². The van der Waals surface area contributed by atoms with Crippen molar-refractivity contribution >= 4 is 0 Å². The van der Waals surface area contributed by atoms with Crippen LogP contribution in [0.25, 0.3) is 0 Å². The highest BCUT2D eigenvalue weighted by Crippen LogP contribution is 2.28. The first kappa shape index (κ1) is 12.8. The molecule has 0 radical (unpaired) electrons. The van der Waals surface area contributed by atoms with Gasteiger partial charge >= 0.3 is 0 Å². The Balaban J connectivity index is 1.98. The van der Waals surface area contributed by atoms with Gasteiger partial charge in [-0.3, -0.25) is 4.90 Å². The number of fused-ring (bicyclic) bond motifs is 1. The van der Waals surface area contributed by atoms with Crippen molar-refractivity contribution in [3.8, 4) is 0 Å². The van der Waals surface area contributed by atoms with E-state index < -0.39 is 0 Å². The Hall–Kier alpha value is -0.600. The fourth-order valence-corrected chi connectivity index (χ4v) is 3.00. The van der Waals surface area contributed by atoms with E-state index in [1.807, 2.05) is 6.92 Å². The van der Waals surface area contributed by atoms with Gasteiger partial charge in [-0.15, -0.1) is 0 Å². The molecule has 1 fully saturated rings. The highest BCUT2D eigenvalue weighted by atomic mass is 16.3. The molecule has 2 aliphatic heterocycles. The van der Waals surface area contributed by atoms with Gasteiger partial charge in [-0.25, -0.2) is 0 Å². The number of nitrogens with zero attached hydrogens (tertiary/aromatic N) is 1. The average Bonchev–Trinajstić information content (AvgIpc) is 2.28. The molecule has 0 bridgehead atoms. The molecule has 2 atom stereocenters. The van der Waals surface area contributed by atoms with E-state index in [1.165, 1.54) is 37.0 Å². The van der Waals surface area contributed by atoms with Gasteiger partial charge in [0.05, 0.1) is 6.10 Å². The van der Waals surface area contributed by atoms with Gasteiger partial charge in [0.15, 0.2) is 0 Å². The van der Waals surface area contributed by atoms with E-state index in [0.717, 1.165) is 19.4 Å². The Bertz CT molecular complexity index is 317. The van der Waals surface area contributed by atoms with Crippen LogP contribution in [0.15, 0.2) is 23.3 Å². The van der Waals surface area contributed by atoms with Crippen LogP contribution in [-0.4, -0.2) is 35.2 Å². The summed E-state index contributed by atoms with van der Waals surface area (Å²) in [6.07, 6.45) is 10.4. The second kappa shape index (κ2) is 5.83. The van der Waals surface area contributed by atoms with Crippen LogP contribution in [0.1, 0.15) is 46.0 Å². The van der Waals surface area contributed by atoms with Gasteiger partial charge in [-0.05, 0) is 51.6 Å². The zero-order chi connectivity index (χ0) is 12.3. The van der Waals surface area contributed by atoms with Crippen LogP contribution in [-0.2, 0) is 0 Å². The number of allylic oxidation sites excluding steroid dienone is 1. The third kappa shape index (κ3) is 3.43. The summed E-state index contributed by atoms with van der Waals surface area (Å²) >= 11 is 0. The minimum absolute atomic E-state index is 0.178. The normalized spacial score (nSPS) is 29.9. The molecule has 2 nitrogen and oxygen atoms in total. The van der Waals surface area contributed by atoms with Crippen LogP contribution in [0.5, 0.6) is 0 Å². The van der Waals surface area contributed by atoms with E-state index in [4.69, 9.17) is 0 Å². The highest BCUT2D eigenvalue weighted by Gasteiger charge is 2.26. The SMILES string of the molecule is CC1=C/C(=C\CC[C@H](C)O)CN2CCCC[C@H]12. The van der Waals surface area contributed by atoms with Crippen molar-refractivity contribution in [2.45, 2.75) is 58.1 Å². The summed E-state index contributed by atoms with van der Waals surface area (Å²) in [7, 11) is 0. The molecular weight excluding hydrogens is 210 g/mol. The molecule has 1 N–H and O–H groups in total. The smallest absolute Gasteiger partial charge is 0.0515 e. The summed E-state index contributed by atoms with van der Waals surface area (Å²) in [6, 6.07) is 0.706. The van der Waals surface area contributed by atoms with Crippen LogP contribution in [0, 0.1) is 0 Å². The summed E-state index contributed by atoms with van der Waals surface area (Å²) in [5.41, 5.74) is 2.97. The minimum atomic E-state index is -0.178. The molecule has 0 aromatic carbocycles. The number of aliphatic hydroxyl groups excluding tert-OH is 1. The Kier molecular flexibility index (Phi) is 4.41. The lowest BCUT2D eigenvalue weighted by atomic mass is 9.90. The van der Waals surface area contributed by atoms with E-state index in [2.05, 4.69) is 24.0 Å². The molecule has 0 spiro atoms. The van der Waals surface area contributed by atoms with Crippen LogP contribution in [0.4, 0.5) is 0 Å². The van der Waals surface area contributed by atoms with Crippen molar-refractivity contribution in [1.29, 1.82) is 0 Å². The summed E-state index contributed by atoms with van der Waals surface area (Å²) in [4.78, 5) is 2.62. The van der Waals surface area contributed by atoms with Gasteiger partial charge in [0.25, 0.3) is 0 Å². The summed E-state index contributed by atoms with van der Waals surface area (Å²) in [5, 5.41) is 9.27. The van der Waals surface area contributed by atoms with Crippen LogP contribution >= 0.6 is 0 Å². The molecule has 0 unspecified atom stereocenters. The topological polar surface area (TPSA) is 23.5 Å². The van der Waals surface area contributed by atoms with Crippen molar-refractivity contribution < 1.29 is 5.11 Å². The lowest BCUT2D eigenvalue weighted by molar-refractivity contribution is 0.179. The maximum absolute atomic E-state index is 9.27. The molecule has 17 heavy (non-hydrogen) atoms. The quantitative estimate of drug-likeness (QED) is 0.813. The standard InChI is InChI=1S/C15H25NO/c1-12-10-14(7-5-6-13(2)17)11-16-9-4-3-8-15(12)16/h7,10,13,15,17H,3-6,8-9,11H2,1-2H3/b14-7+/t13-,15+/m0/s1. The van der Waals surface area contributed by atoms with E-state index in [0.29, 0.717) is 6.04 Å². The maximum atomic E-state index is 9.27. The highest BCUT2D eigenvalue weighted by molar-refractivity contribution is 5.31. The predicted octanol–water partition coefficient (Wildman–Crippen LogP) is 2.89. The number of aliphatic hydroxyl groups is 1. The van der Waals surface area contributed by atoms with Gasteiger partial charge in [0.1, 0.15) is 0 Å².